The summed E-state index contributed by atoms with van der Waals surface area (Å²) in [6, 6.07) is 5.38. The van der Waals surface area contributed by atoms with Crippen molar-refractivity contribution in [3.8, 4) is 0 Å². The topological polar surface area (TPSA) is 114 Å². The Labute approximate surface area is 162 Å². The zero-order valence-electron chi connectivity index (χ0n) is 15.8. The number of rotatable bonds is 8. The van der Waals surface area contributed by atoms with Crippen LogP contribution in [0.2, 0.25) is 0 Å². The molecule has 0 unspecified atom stereocenters. The molecule has 3 N–H and O–H groups in total. The van der Waals surface area contributed by atoms with Crippen LogP contribution in [0.4, 0.5) is 4.79 Å². The third-order valence-corrected chi connectivity index (χ3v) is 4.25. The number of imide groups is 1. The van der Waals surface area contributed by atoms with Crippen LogP contribution < -0.4 is 16.0 Å². The minimum Gasteiger partial charge on any atom is -0.451 e. The van der Waals surface area contributed by atoms with E-state index in [4.69, 9.17) is 4.74 Å². The number of thioether (sulfide) groups is 1. The lowest BCUT2D eigenvalue weighted by atomic mass is 10.1. The van der Waals surface area contributed by atoms with Crippen molar-refractivity contribution in [2.45, 2.75) is 32.4 Å². The monoisotopic (exact) mass is 395 g/mol. The van der Waals surface area contributed by atoms with E-state index in [-0.39, 0.29) is 0 Å². The first-order valence-corrected chi connectivity index (χ1v) is 9.77. The van der Waals surface area contributed by atoms with E-state index in [1.807, 2.05) is 24.6 Å². The summed E-state index contributed by atoms with van der Waals surface area (Å²) in [7, 11) is 1.36. The lowest BCUT2D eigenvalue weighted by Gasteiger charge is -2.20. The Hall–Kier alpha value is -2.55. The third-order valence-electron chi connectivity index (χ3n) is 3.61. The number of hydrogen-bond acceptors (Lipinski definition) is 6. The summed E-state index contributed by atoms with van der Waals surface area (Å²) in [5, 5.41) is 6.92. The number of benzene rings is 1. The minimum absolute atomic E-state index is 0.349. The van der Waals surface area contributed by atoms with Gasteiger partial charge in [-0.3, -0.25) is 14.9 Å². The Kier molecular flexibility index (Phi) is 9.35. The number of urea groups is 1. The highest BCUT2D eigenvalue weighted by Gasteiger charge is 2.27. The molecule has 0 radical (unpaired) electrons. The molecule has 148 valence electrons. The van der Waals surface area contributed by atoms with Crippen LogP contribution in [0.5, 0.6) is 0 Å². The predicted molar refractivity (Wildman–Crippen MR) is 104 cm³/mol. The SMILES string of the molecule is CNC(=O)NC(=O)[C@@H](C)OC(=O)[C@@H](CCSC)NC(=O)c1cccc(C)c1. The zero-order chi connectivity index (χ0) is 20.4. The quantitative estimate of drug-likeness (QED) is 0.571. The van der Waals surface area contributed by atoms with Gasteiger partial charge in [-0.25, -0.2) is 9.59 Å². The first-order chi connectivity index (χ1) is 12.8. The van der Waals surface area contributed by atoms with E-state index in [1.54, 1.807) is 18.2 Å². The molecule has 9 heteroatoms. The van der Waals surface area contributed by atoms with Crippen LogP contribution in [0.1, 0.15) is 29.3 Å². The molecule has 0 fully saturated rings. The summed E-state index contributed by atoms with van der Waals surface area (Å²) in [5.41, 5.74) is 1.35. The summed E-state index contributed by atoms with van der Waals surface area (Å²) in [6.07, 6.45) is 1.05. The number of aryl methyl sites for hydroxylation is 1. The maximum absolute atomic E-state index is 12.4. The molecule has 0 bridgehead atoms. The molecule has 0 saturated carbocycles. The largest absolute Gasteiger partial charge is 0.451 e. The molecule has 1 aromatic rings. The van der Waals surface area contributed by atoms with Gasteiger partial charge in [-0.2, -0.15) is 11.8 Å². The third kappa shape index (κ3) is 7.69. The van der Waals surface area contributed by atoms with Gasteiger partial charge in [0, 0.05) is 12.6 Å². The van der Waals surface area contributed by atoms with Crippen molar-refractivity contribution in [2.24, 2.45) is 0 Å². The summed E-state index contributed by atoms with van der Waals surface area (Å²) in [4.78, 5) is 47.8. The fraction of sp³-hybridized carbons (Fsp3) is 0.444. The molecular formula is C18H25N3O5S. The molecule has 27 heavy (non-hydrogen) atoms. The number of carbonyl (C=O) groups excluding carboxylic acids is 4. The zero-order valence-corrected chi connectivity index (χ0v) is 16.6. The molecule has 4 amide bonds. The Morgan fingerprint density at radius 1 is 1.22 bits per heavy atom. The fourth-order valence-electron chi connectivity index (χ4n) is 2.10. The van der Waals surface area contributed by atoms with Gasteiger partial charge in [0.15, 0.2) is 6.10 Å². The second-order valence-electron chi connectivity index (χ2n) is 5.82. The summed E-state index contributed by atoms with van der Waals surface area (Å²) in [5.74, 6) is -1.27. The van der Waals surface area contributed by atoms with E-state index >= 15 is 0 Å². The van der Waals surface area contributed by atoms with Gasteiger partial charge in [-0.1, -0.05) is 17.7 Å². The molecule has 1 aromatic carbocycles. The highest BCUT2D eigenvalue weighted by Crippen LogP contribution is 2.08. The Morgan fingerprint density at radius 3 is 2.52 bits per heavy atom. The van der Waals surface area contributed by atoms with Crippen molar-refractivity contribution < 1.29 is 23.9 Å². The highest BCUT2D eigenvalue weighted by atomic mass is 32.2. The molecule has 2 atom stereocenters. The number of hydrogen-bond donors (Lipinski definition) is 3. The lowest BCUT2D eigenvalue weighted by Crippen LogP contribution is -2.47. The molecule has 0 aliphatic heterocycles. The van der Waals surface area contributed by atoms with Crippen molar-refractivity contribution >= 4 is 35.6 Å². The number of ether oxygens (including phenoxy) is 1. The first kappa shape index (κ1) is 22.5. The maximum atomic E-state index is 12.4. The molecule has 8 nitrogen and oxygen atoms in total. The van der Waals surface area contributed by atoms with Gasteiger partial charge in [0.1, 0.15) is 6.04 Å². The summed E-state index contributed by atoms with van der Waals surface area (Å²) >= 11 is 1.52. The van der Waals surface area contributed by atoms with E-state index in [9.17, 15) is 19.2 Å². The van der Waals surface area contributed by atoms with Crippen LogP contribution in [0.25, 0.3) is 0 Å². The minimum atomic E-state index is -1.18. The Balaban J connectivity index is 2.76. The Bertz CT molecular complexity index is 695. The van der Waals surface area contributed by atoms with E-state index < -0.39 is 36.0 Å². The number of nitrogens with one attached hydrogen (secondary N) is 3. The highest BCUT2D eigenvalue weighted by molar-refractivity contribution is 7.98. The first-order valence-electron chi connectivity index (χ1n) is 8.38. The van der Waals surface area contributed by atoms with E-state index in [0.29, 0.717) is 17.7 Å². The molecule has 0 aromatic heterocycles. The average molecular weight is 395 g/mol. The van der Waals surface area contributed by atoms with Crippen molar-refractivity contribution in [2.75, 3.05) is 19.1 Å². The van der Waals surface area contributed by atoms with Crippen LogP contribution in [-0.2, 0) is 14.3 Å². The molecule has 0 aliphatic carbocycles. The lowest BCUT2D eigenvalue weighted by molar-refractivity contribution is -0.156. The van der Waals surface area contributed by atoms with Gasteiger partial charge in [-0.05, 0) is 44.4 Å². The van der Waals surface area contributed by atoms with Gasteiger partial charge < -0.3 is 15.4 Å². The normalized spacial score (nSPS) is 12.4. The van der Waals surface area contributed by atoms with Gasteiger partial charge in [0.25, 0.3) is 11.8 Å². The maximum Gasteiger partial charge on any atom is 0.329 e. The number of amides is 4. The number of carbonyl (C=O) groups is 4. The van der Waals surface area contributed by atoms with E-state index in [1.165, 1.54) is 25.7 Å². The van der Waals surface area contributed by atoms with Crippen molar-refractivity contribution in [1.82, 2.24) is 16.0 Å². The smallest absolute Gasteiger partial charge is 0.329 e. The second-order valence-corrected chi connectivity index (χ2v) is 6.81. The van der Waals surface area contributed by atoms with Gasteiger partial charge >= 0.3 is 12.0 Å². The van der Waals surface area contributed by atoms with Crippen molar-refractivity contribution in [1.29, 1.82) is 0 Å². The predicted octanol–water partition coefficient (Wildman–Crippen LogP) is 1.23. The molecular weight excluding hydrogens is 370 g/mol. The van der Waals surface area contributed by atoms with E-state index in [2.05, 4.69) is 10.6 Å². The fourth-order valence-corrected chi connectivity index (χ4v) is 2.57. The average Bonchev–Trinajstić information content (AvgIpc) is 2.64. The van der Waals surface area contributed by atoms with Crippen LogP contribution in [-0.4, -0.2) is 55.0 Å². The van der Waals surface area contributed by atoms with Gasteiger partial charge in [-0.15, -0.1) is 0 Å². The molecule has 0 aliphatic rings. The Morgan fingerprint density at radius 2 is 1.93 bits per heavy atom. The van der Waals surface area contributed by atoms with Gasteiger partial charge in [0.2, 0.25) is 0 Å². The number of esters is 1. The van der Waals surface area contributed by atoms with Crippen molar-refractivity contribution in [3.05, 3.63) is 35.4 Å². The van der Waals surface area contributed by atoms with Crippen LogP contribution in [0.15, 0.2) is 24.3 Å². The van der Waals surface area contributed by atoms with Crippen LogP contribution in [0.3, 0.4) is 0 Å². The standard InChI is InChI=1S/C18H25N3O5S/c1-11-6-5-7-13(10-11)16(23)20-14(8-9-27-4)17(24)26-12(2)15(22)21-18(25)19-3/h5-7,10,12,14H,8-9H2,1-4H3,(H,20,23)(H2,19,21,22,25)/t12-,14-/m1/s1. The summed E-state index contributed by atoms with van der Waals surface area (Å²) < 4.78 is 5.12. The van der Waals surface area contributed by atoms with Crippen LogP contribution in [0, 0.1) is 6.92 Å². The molecule has 0 spiro atoms. The second kappa shape index (κ2) is 11.2. The molecule has 0 saturated heterocycles. The molecule has 1 rings (SSSR count). The summed E-state index contributed by atoms with van der Waals surface area (Å²) in [6.45, 7) is 3.22. The molecule has 0 heterocycles. The van der Waals surface area contributed by atoms with Crippen LogP contribution >= 0.6 is 11.8 Å². The van der Waals surface area contributed by atoms with Gasteiger partial charge in [0.05, 0.1) is 0 Å². The van der Waals surface area contributed by atoms with Crippen molar-refractivity contribution in [3.63, 3.8) is 0 Å². The van der Waals surface area contributed by atoms with E-state index in [0.717, 1.165) is 5.56 Å².